The smallest absolute Gasteiger partial charge is 0.241 e. The molecule has 6 heteroatoms. The number of nitrogens with one attached hydrogen (secondary N) is 1. The van der Waals surface area contributed by atoms with E-state index in [1.807, 2.05) is 0 Å². The van der Waals surface area contributed by atoms with E-state index in [0.29, 0.717) is 41.8 Å². The fraction of sp³-hybridized carbons (Fsp3) is 0.500. The number of rotatable bonds is 5. The topological polar surface area (TPSA) is 73.6 Å². The third-order valence-corrected chi connectivity index (χ3v) is 3.41. The second-order valence-corrected chi connectivity index (χ2v) is 5.12. The van der Waals surface area contributed by atoms with Gasteiger partial charge in [-0.25, -0.2) is 0 Å². The van der Waals surface area contributed by atoms with Crippen LogP contribution in [0.4, 0.5) is 5.69 Å². The van der Waals surface area contributed by atoms with Crippen LogP contribution in [0.1, 0.15) is 26.2 Å². The normalized spacial score (nSPS) is 14.8. The number of anilines is 1. The van der Waals surface area contributed by atoms with E-state index < -0.39 is 6.04 Å². The molecule has 0 spiro atoms. The zero-order chi connectivity index (χ0) is 14.5. The highest BCUT2D eigenvalue weighted by Gasteiger charge is 2.18. The molecule has 0 saturated carbocycles. The molecule has 0 bridgehead atoms. The molecule has 0 aromatic heterocycles. The number of halogens is 1. The highest BCUT2D eigenvalue weighted by Crippen LogP contribution is 2.37. The van der Waals surface area contributed by atoms with Crippen LogP contribution in [0.3, 0.4) is 0 Å². The van der Waals surface area contributed by atoms with Crippen molar-refractivity contribution in [2.45, 2.75) is 32.2 Å². The molecule has 1 atom stereocenters. The van der Waals surface area contributed by atoms with Gasteiger partial charge in [-0.1, -0.05) is 31.4 Å². The largest absolute Gasteiger partial charge is 0.486 e. The molecule has 3 N–H and O–H groups in total. The van der Waals surface area contributed by atoms with Crippen LogP contribution in [0.15, 0.2) is 12.1 Å². The van der Waals surface area contributed by atoms with Crippen LogP contribution in [0.25, 0.3) is 0 Å². The van der Waals surface area contributed by atoms with Crippen LogP contribution in [0.2, 0.25) is 5.02 Å². The Hall–Kier alpha value is -1.46. The number of nitrogens with two attached hydrogens (primary N) is 1. The summed E-state index contributed by atoms with van der Waals surface area (Å²) in [4.78, 5) is 12.0. The van der Waals surface area contributed by atoms with Crippen molar-refractivity contribution in [3.8, 4) is 11.5 Å². The minimum Gasteiger partial charge on any atom is -0.486 e. The highest BCUT2D eigenvalue weighted by atomic mass is 35.5. The van der Waals surface area contributed by atoms with Crippen LogP contribution >= 0.6 is 11.6 Å². The van der Waals surface area contributed by atoms with Crippen LogP contribution < -0.4 is 20.5 Å². The molecular weight excluding hydrogens is 280 g/mol. The predicted molar refractivity (Wildman–Crippen MR) is 78.6 cm³/mol. The number of amides is 1. The molecule has 1 amide bonds. The van der Waals surface area contributed by atoms with Crippen molar-refractivity contribution in [3.63, 3.8) is 0 Å². The molecule has 1 aliphatic rings. The van der Waals surface area contributed by atoms with E-state index in [0.717, 1.165) is 12.8 Å². The average Bonchev–Trinajstić information content (AvgIpc) is 2.45. The zero-order valence-corrected chi connectivity index (χ0v) is 12.2. The van der Waals surface area contributed by atoms with Crippen molar-refractivity contribution in [1.29, 1.82) is 0 Å². The Bertz CT molecular complexity index is 494. The number of hydrogen-bond donors (Lipinski definition) is 2. The zero-order valence-electron chi connectivity index (χ0n) is 11.4. The van der Waals surface area contributed by atoms with E-state index in [1.165, 1.54) is 0 Å². The van der Waals surface area contributed by atoms with Crippen molar-refractivity contribution in [2.75, 3.05) is 18.5 Å². The highest BCUT2D eigenvalue weighted by molar-refractivity contribution is 6.34. The van der Waals surface area contributed by atoms with Crippen molar-refractivity contribution in [1.82, 2.24) is 0 Å². The van der Waals surface area contributed by atoms with E-state index in [2.05, 4.69) is 12.2 Å². The maximum Gasteiger partial charge on any atom is 0.241 e. The first-order valence-electron chi connectivity index (χ1n) is 6.77. The summed E-state index contributed by atoms with van der Waals surface area (Å²) in [6.45, 7) is 3.04. The van der Waals surface area contributed by atoms with Gasteiger partial charge in [-0.15, -0.1) is 0 Å². The van der Waals surface area contributed by atoms with Gasteiger partial charge in [0.25, 0.3) is 0 Å². The van der Waals surface area contributed by atoms with Crippen LogP contribution in [-0.4, -0.2) is 25.2 Å². The van der Waals surface area contributed by atoms with Gasteiger partial charge in [0, 0.05) is 12.1 Å². The van der Waals surface area contributed by atoms with E-state index in [1.54, 1.807) is 12.1 Å². The average molecular weight is 299 g/mol. The quantitative estimate of drug-likeness (QED) is 0.876. The number of carbonyl (C=O) groups excluding carboxylic acids is 1. The van der Waals surface area contributed by atoms with Gasteiger partial charge in [-0.3, -0.25) is 4.79 Å². The summed E-state index contributed by atoms with van der Waals surface area (Å²) in [5.41, 5.74) is 6.32. The van der Waals surface area contributed by atoms with Crippen molar-refractivity contribution < 1.29 is 14.3 Å². The molecule has 0 saturated heterocycles. The lowest BCUT2D eigenvalue weighted by molar-refractivity contribution is -0.117. The molecule has 1 aromatic rings. The summed E-state index contributed by atoms with van der Waals surface area (Å²) < 4.78 is 10.9. The van der Waals surface area contributed by atoms with Gasteiger partial charge in [-0.2, -0.15) is 0 Å². The summed E-state index contributed by atoms with van der Waals surface area (Å²) in [6, 6.07) is 2.78. The minimum atomic E-state index is -0.529. The number of ether oxygens (including phenoxy) is 2. The first kappa shape index (κ1) is 14.9. The molecule has 1 aromatic carbocycles. The van der Waals surface area contributed by atoms with E-state index in [9.17, 15) is 4.79 Å². The molecule has 1 aliphatic heterocycles. The maximum absolute atomic E-state index is 12.0. The molecule has 1 unspecified atom stereocenters. The van der Waals surface area contributed by atoms with Gasteiger partial charge >= 0.3 is 0 Å². The summed E-state index contributed by atoms with van der Waals surface area (Å²) in [7, 11) is 0. The second kappa shape index (κ2) is 6.81. The van der Waals surface area contributed by atoms with Gasteiger partial charge in [0.2, 0.25) is 5.91 Å². The summed E-state index contributed by atoms with van der Waals surface area (Å²) >= 11 is 6.12. The molecule has 5 nitrogen and oxygen atoms in total. The monoisotopic (exact) mass is 298 g/mol. The van der Waals surface area contributed by atoms with Crippen molar-refractivity contribution in [2.24, 2.45) is 5.73 Å². The fourth-order valence-electron chi connectivity index (χ4n) is 1.94. The molecule has 2 rings (SSSR count). The number of carbonyl (C=O) groups is 1. The van der Waals surface area contributed by atoms with Crippen molar-refractivity contribution >= 4 is 23.2 Å². The van der Waals surface area contributed by atoms with Gasteiger partial charge in [-0.05, 0) is 6.42 Å². The third-order valence-electron chi connectivity index (χ3n) is 3.10. The lowest BCUT2D eigenvalue weighted by Crippen LogP contribution is -2.35. The lowest BCUT2D eigenvalue weighted by Gasteiger charge is -2.20. The van der Waals surface area contributed by atoms with Crippen LogP contribution in [0.5, 0.6) is 11.5 Å². The van der Waals surface area contributed by atoms with Crippen LogP contribution in [0, 0.1) is 0 Å². The summed E-state index contributed by atoms with van der Waals surface area (Å²) in [5.74, 6) is 0.935. The Morgan fingerprint density at radius 3 is 2.70 bits per heavy atom. The number of hydrogen-bond acceptors (Lipinski definition) is 4. The molecular formula is C14H19ClN2O3. The van der Waals surface area contributed by atoms with E-state index in [4.69, 9.17) is 26.8 Å². The fourth-order valence-corrected chi connectivity index (χ4v) is 2.14. The Labute approximate surface area is 123 Å². The van der Waals surface area contributed by atoms with E-state index in [-0.39, 0.29) is 5.91 Å². The Morgan fingerprint density at radius 2 is 2.05 bits per heavy atom. The lowest BCUT2D eigenvalue weighted by atomic mass is 10.1. The third kappa shape index (κ3) is 3.55. The Balaban J connectivity index is 2.07. The molecule has 0 aliphatic carbocycles. The van der Waals surface area contributed by atoms with Gasteiger partial charge in [0.05, 0.1) is 16.8 Å². The number of fused-ring (bicyclic) bond motifs is 1. The molecule has 110 valence electrons. The molecule has 0 fully saturated rings. The first-order chi connectivity index (χ1) is 9.61. The van der Waals surface area contributed by atoms with E-state index >= 15 is 0 Å². The Morgan fingerprint density at radius 1 is 1.40 bits per heavy atom. The van der Waals surface area contributed by atoms with Crippen LogP contribution in [-0.2, 0) is 4.79 Å². The first-order valence-corrected chi connectivity index (χ1v) is 7.15. The van der Waals surface area contributed by atoms with Gasteiger partial charge in [0.1, 0.15) is 13.2 Å². The second-order valence-electron chi connectivity index (χ2n) is 4.71. The summed E-state index contributed by atoms with van der Waals surface area (Å²) in [5, 5.41) is 3.15. The van der Waals surface area contributed by atoms with Crippen molar-refractivity contribution in [3.05, 3.63) is 17.2 Å². The number of unbranched alkanes of at least 4 members (excludes halogenated alkanes) is 1. The SMILES string of the molecule is CCCCC(N)C(=O)Nc1cc2c(cc1Cl)OCCO2. The van der Waals surface area contributed by atoms with Gasteiger partial charge < -0.3 is 20.5 Å². The Kier molecular flexibility index (Phi) is 5.09. The molecule has 20 heavy (non-hydrogen) atoms. The summed E-state index contributed by atoms with van der Waals surface area (Å²) in [6.07, 6.45) is 2.58. The standard InChI is InChI=1S/C14H19ClN2O3/c1-2-3-4-10(16)14(18)17-11-8-13-12(7-9(11)15)19-5-6-20-13/h7-8,10H,2-6,16H2,1H3,(H,17,18). The van der Waals surface area contributed by atoms with Gasteiger partial charge in [0.15, 0.2) is 11.5 Å². The minimum absolute atomic E-state index is 0.239. The molecule has 1 heterocycles. The molecule has 0 radical (unpaired) electrons. The maximum atomic E-state index is 12.0. The number of benzene rings is 1. The predicted octanol–water partition coefficient (Wildman–Crippen LogP) is 2.57.